The van der Waals surface area contributed by atoms with Crippen LogP contribution in [-0.4, -0.2) is 71.4 Å². The lowest BCUT2D eigenvalue weighted by Gasteiger charge is -2.36. The summed E-state index contributed by atoms with van der Waals surface area (Å²) in [6.45, 7) is 3.68. The Kier molecular flexibility index (Phi) is 5.37. The van der Waals surface area contributed by atoms with Gasteiger partial charge in [-0.3, -0.25) is 0 Å². The van der Waals surface area contributed by atoms with Crippen LogP contribution >= 0.6 is 27.5 Å². The summed E-state index contributed by atoms with van der Waals surface area (Å²) in [6, 6.07) is 8.00. The van der Waals surface area contributed by atoms with Crippen molar-refractivity contribution in [2.45, 2.75) is 11.6 Å². The largest absolute Gasteiger partial charge is 0.357 e. The molecule has 130 valence electrons. The molecule has 5 nitrogen and oxygen atoms in total. The van der Waals surface area contributed by atoms with E-state index in [1.807, 2.05) is 12.1 Å². The standard InChI is InChI=1S/C17H23BrClN5/c1-21(2)8-9-23-11-15-16(22(3)12-23)20-17(18)24(15)10-13-4-6-14(19)7-5-13/h4-7,11,17H,8-10,12H2,1-3H3. The van der Waals surface area contributed by atoms with Crippen LogP contribution in [0.4, 0.5) is 0 Å². The number of alkyl halides is 1. The highest BCUT2D eigenvalue weighted by Crippen LogP contribution is 2.31. The first-order chi connectivity index (χ1) is 11.4. The maximum atomic E-state index is 5.99. The van der Waals surface area contributed by atoms with Gasteiger partial charge in [0, 0.05) is 37.9 Å². The highest BCUT2D eigenvalue weighted by atomic mass is 79.9. The molecule has 1 atom stereocenters. The second-order valence-electron chi connectivity index (χ2n) is 6.49. The van der Waals surface area contributed by atoms with Crippen LogP contribution in [0.2, 0.25) is 5.02 Å². The van der Waals surface area contributed by atoms with E-state index in [0.29, 0.717) is 0 Å². The molecule has 0 fully saturated rings. The van der Waals surface area contributed by atoms with Gasteiger partial charge in [-0.15, -0.1) is 0 Å². The first-order valence-corrected chi connectivity index (χ1v) is 9.28. The van der Waals surface area contributed by atoms with Gasteiger partial charge in [-0.2, -0.15) is 0 Å². The number of amidine groups is 1. The van der Waals surface area contributed by atoms with Gasteiger partial charge in [0.1, 0.15) is 0 Å². The Morgan fingerprint density at radius 2 is 2.00 bits per heavy atom. The summed E-state index contributed by atoms with van der Waals surface area (Å²) in [4.78, 5) is 13.8. The molecule has 0 amide bonds. The average Bonchev–Trinajstić information content (AvgIpc) is 2.84. The van der Waals surface area contributed by atoms with Crippen molar-refractivity contribution in [3.05, 3.63) is 46.7 Å². The van der Waals surface area contributed by atoms with Crippen LogP contribution in [0.1, 0.15) is 5.56 Å². The van der Waals surface area contributed by atoms with Crippen molar-refractivity contribution in [3.8, 4) is 0 Å². The molecule has 2 aliphatic heterocycles. The molecule has 2 aliphatic rings. The molecular formula is C17H23BrClN5. The van der Waals surface area contributed by atoms with Gasteiger partial charge in [-0.05, 0) is 47.7 Å². The van der Waals surface area contributed by atoms with E-state index in [1.54, 1.807) is 0 Å². The predicted molar refractivity (Wildman–Crippen MR) is 103 cm³/mol. The van der Waals surface area contributed by atoms with Crippen LogP contribution < -0.4 is 0 Å². The molecule has 0 spiro atoms. The number of hydrogen-bond donors (Lipinski definition) is 0. The third kappa shape index (κ3) is 3.87. The topological polar surface area (TPSA) is 25.3 Å². The van der Waals surface area contributed by atoms with Gasteiger partial charge in [0.25, 0.3) is 0 Å². The van der Waals surface area contributed by atoms with Crippen LogP contribution in [0.25, 0.3) is 0 Å². The Morgan fingerprint density at radius 1 is 1.29 bits per heavy atom. The number of hydrogen-bond acceptors (Lipinski definition) is 5. The fourth-order valence-electron chi connectivity index (χ4n) is 2.87. The molecule has 0 aliphatic carbocycles. The zero-order chi connectivity index (χ0) is 17.3. The monoisotopic (exact) mass is 411 g/mol. The lowest BCUT2D eigenvalue weighted by molar-refractivity contribution is 0.227. The minimum atomic E-state index is -0.0364. The molecule has 24 heavy (non-hydrogen) atoms. The molecule has 2 heterocycles. The Balaban J connectivity index is 1.78. The van der Waals surface area contributed by atoms with E-state index in [1.165, 1.54) is 11.3 Å². The second-order valence-corrected chi connectivity index (χ2v) is 7.74. The third-order valence-corrected chi connectivity index (χ3v) is 5.14. The third-order valence-electron chi connectivity index (χ3n) is 4.19. The molecule has 0 aromatic heterocycles. The molecular weight excluding hydrogens is 390 g/mol. The Labute approximate surface area is 157 Å². The van der Waals surface area contributed by atoms with E-state index in [9.17, 15) is 0 Å². The molecule has 0 saturated heterocycles. The smallest absolute Gasteiger partial charge is 0.180 e. The Bertz CT molecular complexity index is 643. The van der Waals surface area contributed by atoms with Gasteiger partial charge in [0.05, 0.1) is 12.4 Å². The van der Waals surface area contributed by atoms with E-state index in [4.69, 9.17) is 16.6 Å². The number of fused-ring (bicyclic) bond motifs is 1. The van der Waals surface area contributed by atoms with Crippen LogP contribution in [-0.2, 0) is 6.54 Å². The van der Waals surface area contributed by atoms with Crippen molar-refractivity contribution in [3.63, 3.8) is 0 Å². The van der Waals surface area contributed by atoms with Crippen LogP contribution in [0.3, 0.4) is 0 Å². The summed E-state index contributed by atoms with van der Waals surface area (Å²) < 4.78 is 0. The Hall–Kier alpha value is -1.24. The summed E-state index contributed by atoms with van der Waals surface area (Å²) in [7, 11) is 6.30. The highest BCUT2D eigenvalue weighted by molar-refractivity contribution is 9.09. The quantitative estimate of drug-likeness (QED) is 0.548. The van der Waals surface area contributed by atoms with E-state index >= 15 is 0 Å². The molecule has 0 bridgehead atoms. The number of rotatable bonds is 5. The van der Waals surface area contributed by atoms with Crippen LogP contribution in [0, 0.1) is 0 Å². The Morgan fingerprint density at radius 3 is 2.67 bits per heavy atom. The first-order valence-electron chi connectivity index (χ1n) is 7.99. The van der Waals surface area contributed by atoms with Gasteiger partial charge < -0.3 is 19.6 Å². The minimum Gasteiger partial charge on any atom is -0.357 e. The number of likely N-dealkylation sites (N-methyl/N-ethyl adjacent to an activating group) is 2. The summed E-state index contributed by atoms with van der Waals surface area (Å²) in [6.07, 6.45) is 2.24. The fraction of sp³-hybridized carbons (Fsp3) is 0.471. The van der Waals surface area contributed by atoms with Gasteiger partial charge in [-0.25, -0.2) is 4.99 Å². The maximum absolute atomic E-state index is 5.99. The lowest BCUT2D eigenvalue weighted by Crippen LogP contribution is -2.45. The van der Waals surface area contributed by atoms with E-state index < -0.39 is 0 Å². The van der Waals surface area contributed by atoms with Crippen molar-refractivity contribution in [2.75, 3.05) is 40.9 Å². The molecule has 1 unspecified atom stereocenters. The molecule has 0 N–H and O–H groups in total. The zero-order valence-corrected chi connectivity index (χ0v) is 16.6. The minimum absolute atomic E-state index is 0.0364. The van der Waals surface area contributed by atoms with E-state index in [-0.39, 0.29) is 5.08 Å². The number of nitrogens with zero attached hydrogens (tertiary/aromatic N) is 5. The number of benzene rings is 1. The van der Waals surface area contributed by atoms with Gasteiger partial charge in [-0.1, -0.05) is 23.7 Å². The fourth-order valence-corrected chi connectivity index (χ4v) is 3.56. The summed E-state index contributed by atoms with van der Waals surface area (Å²) >= 11 is 9.69. The van der Waals surface area contributed by atoms with Gasteiger partial charge in [0.2, 0.25) is 0 Å². The SMILES string of the molecule is CN(C)CCN1C=C2C(=NC(Br)N2Cc2ccc(Cl)cc2)N(C)C1. The normalized spacial score (nSPS) is 20.4. The van der Waals surface area contributed by atoms with Crippen molar-refractivity contribution in [1.29, 1.82) is 0 Å². The number of halogens is 2. The maximum Gasteiger partial charge on any atom is 0.180 e. The molecule has 0 saturated carbocycles. The zero-order valence-electron chi connectivity index (χ0n) is 14.3. The van der Waals surface area contributed by atoms with Gasteiger partial charge >= 0.3 is 0 Å². The lowest BCUT2D eigenvalue weighted by atomic mass is 10.2. The predicted octanol–water partition coefficient (Wildman–Crippen LogP) is 2.84. The molecule has 3 rings (SSSR count). The van der Waals surface area contributed by atoms with Crippen LogP contribution in [0.5, 0.6) is 0 Å². The summed E-state index contributed by atoms with van der Waals surface area (Å²) in [5.74, 6) is 1.05. The first kappa shape index (κ1) is 17.6. The van der Waals surface area contributed by atoms with E-state index in [2.05, 4.69) is 75.0 Å². The van der Waals surface area contributed by atoms with Gasteiger partial charge in [0.15, 0.2) is 10.9 Å². The molecule has 7 heteroatoms. The van der Waals surface area contributed by atoms with Crippen LogP contribution in [0.15, 0.2) is 41.2 Å². The molecule has 0 radical (unpaired) electrons. The summed E-state index contributed by atoms with van der Waals surface area (Å²) in [5.41, 5.74) is 2.38. The summed E-state index contributed by atoms with van der Waals surface area (Å²) in [5, 5.41) is 0.727. The molecule has 1 aromatic carbocycles. The van der Waals surface area contributed by atoms with Crippen molar-refractivity contribution in [1.82, 2.24) is 19.6 Å². The number of aliphatic imine (C=N–C) groups is 1. The van der Waals surface area contributed by atoms with Crippen molar-refractivity contribution < 1.29 is 0 Å². The average molecular weight is 413 g/mol. The molecule has 1 aromatic rings. The van der Waals surface area contributed by atoms with Crippen molar-refractivity contribution in [2.24, 2.45) is 4.99 Å². The van der Waals surface area contributed by atoms with Crippen molar-refractivity contribution >= 4 is 33.4 Å². The van der Waals surface area contributed by atoms with E-state index in [0.717, 1.165) is 37.2 Å². The highest BCUT2D eigenvalue weighted by Gasteiger charge is 2.34. The second kappa shape index (κ2) is 7.33.